The van der Waals surface area contributed by atoms with E-state index in [1.807, 2.05) is 32.0 Å². The van der Waals surface area contributed by atoms with Crippen LogP contribution >= 0.6 is 0 Å². The molecule has 1 N–H and O–H groups in total. The molecule has 0 saturated carbocycles. The Morgan fingerprint density at radius 1 is 1.28 bits per heavy atom. The molecule has 0 unspecified atom stereocenters. The molecule has 0 saturated heterocycles. The first-order valence-electron chi connectivity index (χ1n) is 6.04. The second-order valence-electron chi connectivity index (χ2n) is 4.29. The summed E-state index contributed by atoms with van der Waals surface area (Å²) in [6.07, 6.45) is 0. The van der Waals surface area contributed by atoms with Gasteiger partial charge < -0.3 is 14.8 Å². The Labute approximate surface area is 108 Å². The quantitative estimate of drug-likeness (QED) is 0.622. The Morgan fingerprint density at radius 3 is 2.44 bits per heavy atom. The zero-order valence-corrected chi connectivity index (χ0v) is 11.4. The molecule has 0 aliphatic rings. The van der Waals surface area contributed by atoms with Crippen LogP contribution in [0.5, 0.6) is 0 Å². The Kier molecular flexibility index (Phi) is 5.65. The molecule has 0 aliphatic heterocycles. The van der Waals surface area contributed by atoms with E-state index < -0.39 is 0 Å². The van der Waals surface area contributed by atoms with E-state index in [0.29, 0.717) is 6.61 Å². The van der Waals surface area contributed by atoms with Crippen molar-refractivity contribution in [1.82, 2.24) is 0 Å². The maximum absolute atomic E-state index is 11.7. The van der Waals surface area contributed by atoms with Crippen LogP contribution in [0.25, 0.3) is 0 Å². The number of benzene rings is 1. The van der Waals surface area contributed by atoms with Gasteiger partial charge in [0.2, 0.25) is 0 Å². The van der Waals surface area contributed by atoms with Gasteiger partial charge in [0.25, 0.3) is 0 Å². The molecule has 0 bridgehead atoms. The molecule has 1 aromatic carbocycles. The summed E-state index contributed by atoms with van der Waals surface area (Å²) < 4.78 is 9.90. The zero-order valence-electron chi connectivity index (χ0n) is 11.4. The fraction of sp³-hybridized carbons (Fsp3) is 0.500. The van der Waals surface area contributed by atoms with Crippen LogP contribution in [-0.2, 0) is 14.3 Å². The van der Waals surface area contributed by atoms with Crippen molar-refractivity contribution in [1.29, 1.82) is 0 Å². The van der Waals surface area contributed by atoms with Crippen LogP contribution in [-0.4, -0.2) is 32.3 Å². The van der Waals surface area contributed by atoms with Crippen molar-refractivity contribution < 1.29 is 14.3 Å². The van der Waals surface area contributed by atoms with Gasteiger partial charge in [-0.1, -0.05) is 18.2 Å². The number of anilines is 1. The molecule has 0 radical (unpaired) electrons. The maximum Gasteiger partial charge on any atom is 0.328 e. The third-order valence-electron chi connectivity index (χ3n) is 2.73. The molecule has 0 fully saturated rings. The van der Waals surface area contributed by atoms with Gasteiger partial charge in [-0.15, -0.1) is 0 Å². The number of esters is 1. The number of rotatable bonds is 6. The molecular weight excluding hydrogens is 230 g/mol. The number of ether oxygens (including phenoxy) is 2. The average molecular weight is 251 g/mol. The highest BCUT2D eigenvalue weighted by molar-refractivity contribution is 5.79. The molecule has 4 heteroatoms. The highest BCUT2D eigenvalue weighted by Gasteiger charge is 2.15. The standard InChI is InChI=1S/C14H21NO3/c1-10-6-5-7-11(2)13(10)15-12(3)14(16)18-9-8-17-4/h5-7,12,15H,8-9H2,1-4H3/t12-/m0/s1. The van der Waals surface area contributed by atoms with Crippen LogP contribution in [0, 0.1) is 13.8 Å². The first-order chi connectivity index (χ1) is 8.56. The van der Waals surface area contributed by atoms with Gasteiger partial charge in [0, 0.05) is 12.8 Å². The Morgan fingerprint density at radius 2 is 1.89 bits per heavy atom. The molecule has 1 rings (SSSR count). The van der Waals surface area contributed by atoms with Gasteiger partial charge in [0.05, 0.1) is 6.61 Å². The second kappa shape index (κ2) is 7.01. The highest BCUT2D eigenvalue weighted by Crippen LogP contribution is 2.20. The third kappa shape index (κ3) is 4.04. The van der Waals surface area contributed by atoms with E-state index >= 15 is 0 Å². The predicted octanol–water partition coefficient (Wildman–Crippen LogP) is 2.29. The van der Waals surface area contributed by atoms with Crippen molar-refractivity contribution in [3.63, 3.8) is 0 Å². The Bertz CT molecular complexity index is 384. The predicted molar refractivity (Wildman–Crippen MR) is 71.8 cm³/mol. The molecule has 4 nitrogen and oxygen atoms in total. The van der Waals surface area contributed by atoms with Gasteiger partial charge in [-0.2, -0.15) is 0 Å². The number of para-hydroxylation sites is 1. The van der Waals surface area contributed by atoms with Crippen LogP contribution in [0.15, 0.2) is 18.2 Å². The van der Waals surface area contributed by atoms with E-state index in [4.69, 9.17) is 9.47 Å². The topological polar surface area (TPSA) is 47.6 Å². The fourth-order valence-corrected chi connectivity index (χ4v) is 1.67. The van der Waals surface area contributed by atoms with E-state index in [9.17, 15) is 4.79 Å². The lowest BCUT2D eigenvalue weighted by Gasteiger charge is -2.17. The number of hydrogen-bond donors (Lipinski definition) is 1. The number of carbonyl (C=O) groups is 1. The van der Waals surface area contributed by atoms with Gasteiger partial charge in [-0.25, -0.2) is 4.79 Å². The second-order valence-corrected chi connectivity index (χ2v) is 4.29. The van der Waals surface area contributed by atoms with Crippen LogP contribution in [0.2, 0.25) is 0 Å². The molecule has 0 aliphatic carbocycles. The number of methoxy groups -OCH3 is 1. The first-order valence-corrected chi connectivity index (χ1v) is 6.04. The molecular formula is C14H21NO3. The summed E-state index contributed by atoms with van der Waals surface area (Å²) in [5, 5.41) is 3.19. The van der Waals surface area contributed by atoms with Crippen LogP contribution in [0.4, 0.5) is 5.69 Å². The SMILES string of the molecule is COCCOC(=O)[C@H](C)Nc1c(C)cccc1C. The Hall–Kier alpha value is -1.55. The number of aryl methyl sites for hydroxylation is 2. The average Bonchev–Trinajstić information content (AvgIpc) is 2.34. The minimum Gasteiger partial charge on any atom is -0.462 e. The summed E-state index contributed by atoms with van der Waals surface area (Å²) in [5.74, 6) is -0.269. The van der Waals surface area contributed by atoms with Crippen molar-refractivity contribution in [3.8, 4) is 0 Å². The van der Waals surface area contributed by atoms with Crippen LogP contribution < -0.4 is 5.32 Å². The van der Waals surface area contributed by atoms with E-state index in [1.54, 1.807) is 14.0 Å². The normalized spacial score (nSPS) is 12.0. The highest BCUT2D eigenvalue weighted by atomic mass is 16.6. The van der Waals surface area contributed by atoms with Gasteiger partial charge >= 0.3 is 5.97 Å². The van der Waals surface area contributed by atoms with E-state index in [2.05, 4.69) is 5.32 Å². The minimum atomic E-state index is -0.373. The largest absolute Gasteiger partial charge is 0.462 e. The molecule has 0 amide bonds. The molecule has 18 heavy (non-hydrogen) atoms. The van der Waals surface area contributed by atoms with E-state index in [1.165, 1.54) is 0 Å². The van der Waals surface area contributed by atoms with E-state index in [-0.39, 0.29) is 18.6 Å². The van der Waals surface area contributed by atoms with Crippen molar-refractivity contribution in [3.05, 3.63) is 29.3 Å². The van der Waals surface area contributed by atoms with Gasteiger partial charge in [0.15, 0.2) is 0 Å². The monoisotopic (exact) mass is 251 g/mol. The molecule has 1 aromatic rings. The Balaban J connectivity index is 2.58. The first kappa shape index (κ1) is 14.5. The molecule has 1 atom stereocenters. The van der Waals surface area contributed by atoms with Crippen molar-refractivity contribution >= 4 is 11.7 Å². The summed E-state index contributed by atoms with van der Waals surface area (Å²) in [4.78, 5) is 11.7. The van der Waals surface area contributed by atoms with Gasteiger partial charge in [0.1, 0.15) is 12.6 Å². The third-order valence-corrected chi connectivity index (χ3v) is 2.73. The summed E-state index contributed by atoms with van der Waals surface area (Å²) in [5.41, 5.74) is 3.23. The molecule has 0 aromatic heterocycles. The zero-order chi connectivity index (χ0) is 13.5. The molecule has 0 heterocycles. The van der Waals surface area contributed by atoms with Crippen molar-refractivity contribution in [2.24, 2.45) is 0 Å². The summed E-state index contributed by atoms with van der Waals surface area (Å²) >= 11 is 0. The summed E-state index contributed by atoms with van der Waals surface area (Å²) in [7, 11) is 1.58. The summed E-state index contributed by atoms with van der Waals surface area (Å²) in [6.45, 7) is 6.52. The number of nitrogens with one attached hydrogen (secondary N) is 1. The maximum atomic E-state index is 11.7. The lowest BCUT2D eigenvalue weighted by atomic mass is 10.1. The van der Waals surface area contributed by atoms with Crippen LogP contribution in [0.3, 0.4) is 0 Å². The summed E-state index contributed by atoms with van der Waals surface area (Å²) in [6, 6.07) is 5.65. The van der Waals surface area contributed by atoms with Gasteiger partial charge in [-0.3, -0.25) is 0 Å². The molecule has 0 spiro atoms. The van der Waals surface area contributed by atoms with Crippen molar-refractivity contribution in [2.75, 3.05) is 25.6 Å². The number of hydrogen-bond acceptors (Lipinski definition) is 4. The van der Waals surface area contributed by atoms with Crippen molar-refractivity contribution in [2.45, 2.75) is 26.8 Å². The fourth-order valence-electron chi connectivity index (χ4n) is 1.67. The lowest BCUT2D eigenvalue weighted by Crippen LogP contribution is -2.29. The van der Waals surface area contributed by atoms with Gasteiger partial charge in [-0.05, 0) is 31.9 Å². The minimum absolute atomic E-state index is 0.269. The smallest absolute Gasteiger partial charge is 0.328 e. The molecule has 100 valence electrons. The van der Waals surface area contributed by atoms with Crippen LogP contribution in [0.1, 0.15) is 18.1 Å². The number of carbonyl (C=O) groups excluding carboxylic acids is 1. The lowest BCUT2D eigenvalue weighted by molar-refractivity contribution is -0.145. The van der Waals surface area contributed by atoms with E-state index in [0.717, 1.165) is 16.8 Å².